The number of ether oxygens (including phenoxy) is 3. The fourth-order valence-corrected chi connectivity index (χ4v) is 4.03. The van der Waals surface area contributed by atoms with Gasteiger partial charge in [0, 0.05) is 0 Å². The van der Waals surface area contributed by atoms with E-state index in [1.807, 2.05) is 72.8 Å². The Hall–Kier alpha value is -7.34. The Labute approximate surface area is 328 Å². The lowest BCUT2D eigenvalue weighted by Gasteiger charge is -2.10. The van der Waals surface area contributed by atoms with Crippen LogP contribution in [0.1, 0.15) is 22.3 Å². The molecule has 0 atom stereocenters. The van der Waals surface area contributed by atoms with E-state index >= 15 is 0 Å². The van der Waals surface area contributed by atoms with Crippen molar-refractivity contribution in [3.05, 3.63) is 204 Å². The number of hydrogen-bond donors (Lipinski definition) is 0. The van der Waals surface area contributed by atoms with Crippen molar-refractivity contribution in [2.24, 2.45) is 0 Å². The van der Waals surface area contributed by atoms with Gasteiger partial charge in [0.05, 0.1) is 19.6 Å². The summed E-state index contributed by atoms with van der Waals surface area (Å²) < 4.78 is 18.5. The Morgan fingerprint density at radius 3 is 0.946 bits per heavy atom. The normalized spacial score (nSPS) is 9.36. The van der Waals surface area contributed by atoms with Crippen molar-refractivity contribution in [1.82, 2.24) is 28.7 Å². The topological polar surface area (TPSA) is 132 Å². The van der Waals surface area contributed by atoms with E-state index in [4.69, 9.17) is 14.2 Å². The Morgan fingerprint density at radius 2 is 0.714 bits per heavy atom. The SMILES string of the molecule is C=CCOc1nc(OCC=C)nc(OCC=C)n1.C=CCn1c(=O)n(CC=C)c(=O)n(CC=C)c1=O.C=Cc1ccc(C=C)cc1.C=Cc1cccc(C=C)c1. The number of nitrogens with zero attached hydrogens (tertiary/aromatic N) is 6. The first kappa shape index (κ1) is 46.7. The molecule has 0 aliphatic rings. The van der Waals surface area contributed by atoms with Crippen molar-refractivity contribution in [3.63, 3.8) is 0 Å². The van der Waals surface area contributed by atoms with Gasteiger partial charge in [-0.25, -0.2) is 28.1 Å². The van der Waals surface area contributed by atoms with E-state index in [2.05, 4.69) is 80.7 Å². The average Bonchev–Trinajstić information content (AvgIpc) is 3.23. The van der Waals surface area contributed by atoms with Crippen LogP contribution in [0.3, 0.4) is 0 Å². The zero-order valence-corrected chi connectivity index (χ0v) is 31.8. The maximum atomic E-state index is 11.9. The highest BCUT2D eigenvalue weighted by molar-refractivity contribution is 5.55. The molecule has 12 nitrogen and oxygen atoms in total. The first-order valence-corrected chi connectivity index (χ1v) is 17.1. The van der Waals surface area contributed by atoms with E-state index in [9.17, 15) is 14.4 Å². The van der Waals surface area contributed by atoms with Crippen molar-refractivity contribution in [2.45, 2.75) is 19.6 Å². The van der Waals surface area contributed by atoms with Crippen molar-refractivity contribution in [2.75, 3.05) is 19.8 Å². The minimum Gasteiger partial charge on any atom is -0.459 e. The van der Waals surface area contributed by atoms with Crippen LogP contribution >= 0.6 is 0 Å². The van der Waals surface area contributed by atoms with Gasteiger partial charge in [-0.2, -0.15) is 0 Å². The first-order chi connectivity index (χ1) is 27.1. The number of benzene rings is 2. The fraction of sp³-hybridized carbons (Fsp3) is 0.136. The van der Waals surface area contributed by atoms with Crippen molar-refractivity contribution >= 4 is 24.3 Å². The molecule has 2 aromatic carbocycles. The molecule has 4 aromatic rings. The molecule has 0 amide bonds. The van der Waals surface area contributed by atoms with Crippen molar-refractivity contribution in [1.29, 1.82) is 0 Å². The summed E-state index contributed by atoms with van der Waals surface area (Å²) in [6.45, 7) is 36.7. The monoisotopic (exact) mass is 758 g/mol. The smallest absolute Gasteiger partial charge is 0.336 e. The summed E-state index contributed by atoms with van der Waals surface area (Å²) in [5.74, 6) is 0. The lowest BCUT2D eigenvalue weighted by molar-refractivity contribution is 0.268. The van der Waals surface area contributed by atoms with E-state index < -0.39 is 17.1 Å². The molecular weight excluding hydrogens is 709 g/mol. The standard InChI is InChI=1S/2C12H15N3O3.2C10H10/c1-4-7-16-10-13-11(17-8-5-2)15-12(14-10)18-9-6-3;1-4-7-13-10(16)14(8-5-2)12(18)15(9-6-3)11(13)17;1-3-9-5-7-10(4-2)8-6-9;1-3-9-6-5-7-10(4-2)8-9/h2*4-6H,1-3,7-9H2;2*3-8H,1-2H2. The Morgan fingerprint density at radius 1 is 0.429 bits per heavy atom. The van der Waals surface area contributed by atoms with Gasteiger partial charge < -0.3 is 14.2 Å². The molecule has 12 heteroatoms. The zero-order chi connectivity index (χ0) is 41.7. The van der Waals surface area contributed by atoms with E-state index in [0.717, 1.165) is 36.0 Å². The van der Waals surface area contributed by atoms with Gasteiger partial charge in [0.2, 0.25) is 0 Å². The van der Waals surface area contributed by atoms with E-state index in [1.165, 1.54) is 18.2 Å². The van der Waals surface area contributed by atoms with Gasteiger partial charge in [-0.1, -0.05) is 149 Å². The largest absolute Gasteiger partial charge is 0.459 e. The number of hydrogen-bond acceptors (Lipinski definition) is 9. The number of aromatic nitrogens is 6. The zero-order valence-electron chi connectivity index (χ0n) is 31.8. The van der Waals surface area contributed by atoms with Gasteiger partial charge in [0.15, 0.2) is 0 Å². The molecule has 4 rings (SSSR count). The maximum absolute atomic E-state index is 11.9. The molecule has 0 unspecified atom stereocenters. The molecule has 0 saturated heterocycles. The highest BCUT2D eigenvalue weighted by Gasteiger charge is 2.13. The number of rotatable bonds is 19. The van der Waals surface area contributed by atoms with Crippen molar-refractivity contribution < 1.29 is 14.2 Å². The van der Waals surface area contributed by atoms with Crippen LogP contribution in [0, 0.1) is 0 Å². The summed E-state index contributed by atoms with van der Waals surface area (Å²) in [7, 11) is 0. The highest BCUT2D eigenvalue weighted by atomic mass is 16.5. The summed E-state index contributed by atoms with van der Waals surface area (Å²) in [5, 5.41) is 0. The second-order valence-corrected chi connectivity index (χ2v) is 10.7. The molecule has 2 heterocycles. The third-order valence-electron chi connectivity index (χ3n) is 6.68. The second kappa shape index (κ2) is 27.3. The molecule has 292 valence electrons. The van der Waals surface area contributed by atoms with Gasteiger partial charge in [-0.3, -0.25) is 0 Å². The van der Waals surface area contributed by atoms with Gasteiger partial charge in [-0.05, 0) is 28.3 Å². The van der Waals surface area contributed by atoms with Crippen LogP contribution in [0.2, 0.25) is 0 Å². The van der Waals surface area contributed by atoms with Crippen LogP contribution < -0.4 is 31.3 Å². The molecule has 0 aliphatic carbocycles. The van der Waals surface area contributed by atoms with E-state index in [-0.39, 0.29) is 57.5 Å². The summed E-state index contributed by atoms with van der Waals surface area (Å²) in [6.07, 6.45) is 16.3. The molecule has 0 aliphatic heterocycles. The average molecular weight is 759 g/mol. The molecule has 0 N–H and O–H groups in total. The minimum absolute atomic E-state index is 0.0478. The highest BCUT2D eigenvalue weighted by Crippen LogP contribution is 2.15. The molecular formula is C44H50N6O6. The Kier molecular flexibility index (Phi) is 22.8. The van der Waals surface area contributed by atoms with Crippen LogP contribution in [-0.4, -0.2) is 48.5 Å². The molecule has 0 spiro atoms. The maximum Gasteiger partial charge on any atom is 0.336 e. The van der Waals surface area contributed by atoms with Crippen LogP contribution in [0.5, 0.6) is 18.0 Å². The lowest BCUT2D eigenvalue weighted by atomic mass is 10.1. The van der Waals surface area contributed by atoms with Gasteiger partial charge in [0.1, 0.15) is 19.8 Å². The van der Waals surface area contributed by atoms with Crippen LogP contribution in [0.25, 0.3) is 24.3 Å². The van der Waals surface area contributed by atoms with E-state index in [1.54, 1.807) is 18.2 Å². The molecule has 0 bridgehead atoms. The van der Waals surface area contributed by atoms with Crippen LogP contribution in [0.15, 0.2) is 165 Å². The lowest BCUT2D eigenvalue weighted by Crippen LogP contribution is -2.54. The third-order valence-corrected chi connectivity index (χ3v) is 6.68. The number of allylic oxidation sites excluding steroid dienone is 3. The third kappa shape index (κ3) is 16.1. The molecule has 0 fully saturated rings. The van der Waals surface area contributed by atoms with Gasteiger partial charge in [-0.15, -0.1) is 34.7 Å². The Balaban J connectivity index is 0.000000387. The van der Waals surface area contributed by atoms with Crippen molar-refractivity contribution in [3.8, 4) is 18.0 Å². The summed E-state index contributed by atoms with van der Waals surface area (Å²) in [6, 6.07) is 16.5. The Bertz CT molecular complexity index is 1900. The fourth-order valence-electron chi connectivity index (χ4n) is 4.03. The van der Waals surface area contributed by atoms with Gasteiger partial charge in [0.25, 0.3) is 0 Å². The molecule has 0 saturated carbocycles. The first-order valence-electron chi connectivity index (χ1n) is 17.1. The van der Waals surface area contributed by atoms with E-state index in [0.29, 0.717) is 0 Å². The molecule has 56 heavy (non-hydrogen) atoms. The molecule has 0 radical (unpaired) electrons. The molecule has 2 aromatic heterocycles. The van der Waals surface area contributed by atoms with Crippen LogP contribution in [-0.2, 0) is 19.6 Å². The van der Waals surface area contributed by atoms with Crippen LogP contribution in [0.4, 0.5) is 0 Å². The summed E-state index contributed by atoms with van der Waals surface area (Å²) in [4.78, 5) is 47.7. The second-order valence-electron chi connectivity index (χ2n) is 10.7. The van der Waals surface area contributed by atoms with Gasteiger partial charge >= 0.3 is 35.1 Å². The summed E-state index contributed by atoms with van der Waals surface area (Å²) in [5.41, 5.74) is 2.58. The quantitative estimate of drug-likeness (QED) is 0.0908. The minimum atomic E-state index is -0.662. The predicted octanol–water partition coefficient (Wildman–Crippen LogP) is 7.24. The predicted molar refractivity (Wildman–Crippen MR) is 230 cm³/mol. The summed E-state index contributed by atoms with van der Waals surface area (Å²) >= 11 is 0.